The van der Waals surface area contributed by atoms with Gasteiger partial charge in [-0.25, -0.2) is 4.98 Å². The normalized spacial score (nSPS) is 20.6. The number of carbonyl (C=O) groups is 1. The molecule has 2 aliphatic rings. The Morgan fingerprint density at radius 2 is 2.07 bits per heavy atom. The number of hydrogen-bond acceptors (Lipinski definition) is 5. The largest absolute Gasteiger partial charge is 0.355 e. The first kappa shape index (κ1) is 18.7. The van der Waals surface area contributed by atoms with Crippen LogP contribution in [0.1, 0.15) is 49.0 Å². The average molecular weight is 404 g/mol. The van der Waals surface area contributed by atoms with E-state index in [1.165, 1.54) is 35.0 Å². The number of nitrogens with zero attached hydrogens (tertiary/aromatic N) is 2. The molecule has 5 nitrogen and oxygen atoms in total. The summed E-state index contributed by atoms with van der Waals surface area (Å²) in [7, 11) is 0. The molecule has 27 heavy (non-hydrogen) atoms. The lowest BCUT2D eigenvalue weighted by molar-refractivity contribution is -0.120. The van der Waals surface area contributed by atoms with Crippen molar-refractivity contribution in [3.05, 3.63) is 33.4 Å². The van der Waals surface area contributed by atoms with Crippen molar-refractivity contribution in [2.45, 2.75) is 68.3 Å². The van der Waals surface area contributed by atoms with E-state index in [1.54, 1.807) is 22.0 Å². The summed E-state index contributed by atoms with van der Waals surface area (Å²) in [4.78, 5) is 32.7. The van der Waals surface area contributed by atoms with Crippen LogP contribution in [0.2, 0.25) is 0 Å². The van der Waals surface area contributed by atoms with Gasteiger partial charge < -0.3 is 5.32 Å². The van der Waals surface area contributed by atoms with E-state index in [4.69, 9.17) is 4.98 Å². The summed E-state index contributed by atoms with van der Waals surface area (Å²) in [5.41, 5.74) is 1.24. The van der Waals surface area contributed by atoms with Crippen molar-refractivity contribution < 1.29 is 4.79 Å². The quantitative estimate of drug-likeness (QED) is 0.481. The topological polar surface area (TPSA) is 64.0 Å². The highest BCUT2D eigenvalue weighted by Crippen LogP contribution is 2.35. The second-order valence-corrected chi connectivity index (χ2v) is 9.49. The Hall–Kier alpha value is -1.60. The van der Waals surface area contributed by atoms with Gasteiger partial charge in [-0.15, -0.1) is 17.9 Å². The molecule has 1 amide bonds. The van der Waals surface area contributed by atoms with E-state index in [1.807, 2.05) is 0 Å². The molecule has 1 fully saturated rings. The van der Waals surface area contributed by atoms with Crippen molar-refractivity contribution in [2.75, 3.05) is 6.54 Å². The molecule has 0 spiro atoms. The predicted octanol–water partition coefficient (Wildman–Crippen LogP) is 3.67. The van der Waals surface area contributed by atoms with Gasteiger partial charge in [-0.3, -0.25) is 14.2 Å². The fraction of sp³-hybridized carbons (Fsp3) is 0.550. The Labute approximate surface area is 167 Å². The Balaban J connectivity index is 1.80. The Morgan fingerprint density at radius 1 is 1.22 bits per heavy atom. The van der Waals surface area contributed by atoms with Gasteiger partial charge in [0.05, 0.1) is 10.6 Å². The maximum Gasteiger partial charge on any atom is 0.263 e. The molecule has 7 heteroatoms. The Morgan fingerprint density at radius 3 is 2.93 bits per heavy atom. The van der Waals surface area contributed by atoms with Crippen LogP contribution in [-0.4, -0.2) is 27.3 Å². The lowest BCUT2D eigenvalue weighted by atomic mass is 10.1. The van der Waals surface area contributed by atoms with E-state index in [0.717, 1.165) is 55.3 Å². The van der Waals surface area contributed by atoms with Gasteiger partial charge in [0.1, 0.15) is 4.83 Å². The summed E-state index contributed by atoms with van der Waals surface area (Å²) < 4.78 is 1.70. The second-order valence-electron chi connectivity index (χ2n) is 7.24. The number of carbonyl (C=O) groups excluding carboxylic acids is 1. The fourth-order valence-electron chi connectivity index (χ4n) is 3.93. The summed E-state index contributed by atoms with van der Waals surface area (Å²) in [6.45, 7) is 4.97. The SMILES string of the molecule is C=CCn1c(SC2CCCCNC2=O)nc2sc3c(c2c1=O)CCCCC3. The zero-order valence-corrected chi connectivity index (χ0v) is 17.1. The first-order chi connectivity index (χ1) is 13.2. The van der Waals surface area contributed by atoms with Gasteiger partial charge in [0.15, 0.2) is 5.16 Å². The summed E-state index contributed by atoms with van der Waals surface area (Å²) in [5.74, 6) is 0.0546. The number of nitrogens with one attached hydrogen (secondary N) is 1. The van der Waals surface area contributed by atoms with Gasteiger partial charge in [-0.1, -0.05) is 30.7 Å². The Kier molecular flexibility index (Phi) is 5.68. The van der Waals surface area contributed by atoms with Crippen molar-refractivity contribution in [1.29, 1.82) is 0 Å². The minimum absolute atomic E-state index is 0.0239. The Bertz CT molecular complexity index is 931. The number of rotatable bonds is 4. The van der Waals surface area contributed by atoms with Gasteiger partial charge in [-0.05, 0) is 44.1 Å². The summed E-state index contributed by atoms with van der Waals surface area (Å²) >= 11 is 3.10. The molecule has 3 heterocycles. The van der Waals surface area contributed by atoms with Crippen LogP contribution in [-0.2, 0) is 24.2 Å². The van der Waals surface area contributed by atoms with Crippen molar-refractivity contribution in [1.82, 2.24) is 14.9 Å². The van der Waals surface area contributed by atoms with Crippen molar-refractivity contribution in [3.8, 4) is 0 Å². The molecule has 1 aliphatic carbocycles. The van der Waals surface area contributed by atoms with E-state index in [2.05, 4.69) is 11.9 Å². The molecule has 0 aromatic carbocycles. The molecular formula is C20H25N3O2S2. The van der Waals surface area contributed by atoms with Crippen LogP contribution >= 0.6 is 23.1 Å². The number of fused-ring (bicyclic) bond motifs is 3. The van der Waals surface area contributed by atoms with E-state index in [0.29, 0.717) is 11.7 Å². The van der Waals surface area contributed by atoms with Gasteiger partial charge in [0.2, 0.25) is 5.91 Å². The van der Waals surface area contributed by atoms with E-state index in [9.17, 15) is 9.59 Å². The van der Waals surface area contributed by atoms with Crippen molar-refractivity contribution in [3.63, 3.8) is 0 Å². The maximum absolute atomic E-state index is 13.3. The zero-order valence-electron chi connectivity index (χ0n) is 15.5. The number of allylic oxidation sites excluding steroid dienone is 1. The third-order valence-electron chi connectivity index (χ3n) is 5.33. The van der Waals surface area contributed by atoms with Gasteiger partial charge in [0.25, 0.3) is 5.56 Å². The third-order valence-corrected chi connectivity index (χ3v) is 7.78. The summed E-state index contributed by atoms with van der Waals surface area (Å²) in [5, 5.41) is 4.23. The highest BCUT2D eigenvalue weighted by molar-refractivity contribution is 8.00. The molecule has 2 aromatic rings. The highest BCUT2D eigenvalue weighted by atomic mass is 32.2. The highest BCUT2D eigenvalue weighted by Gasteiger charge is 2.26. The fourth-order valence-corrected chi connectivity index (χ4v) is 6.40. The molecule has 1 N–H and O–H groups in total. The van der Waals surface area contributed by atoms with Gasteiger partial charge in [-0.2, -0.15) is 0 Å². The summed E-state index contributed by atoms with van der Waals surface area (Å²) in [6.07, 6.45) is 10.1. The van der Waals surface area contributed by atoms with Gasteiger partial charge >= 0.3 is 0 Å². The molecule has 1 aliphatic heterocycles. The standard InChI is InChI=1S/C20H25N3O2S2/c1-2-12-23-19(25)16-13-8-4-3-5-9-14(13)26-18(16)22-20(23)27-15-10-6-7-11-21-17(15)24/h2,15H,1,3-12H2,(H,21,24). The molecule has 0 radical (unpaired) electrons. The minimum atomic E-state index is -0.189. The van der Waals surface area contributed by atoms with Crippen LogP contribution in [0.15, 0.2) is 22.6 Å². The van der Waals surface area contributed by atoms with Crippen molar-refractivity contribution >= 4 is 39.2 Å². The molecule has 144 valence electrons. The van der Waals surface area contributed by atoms with Crippen LogP contribution in [0.5, 0.6) is 0 Å². The molecule has 0 bridgehead atoms. The zero-order chi connectivity index (χ0) is 18.8. The lowest BCUT2D eigenvalue weighted by Crippen LogP contribution is -2.32. The van der Waals surface area contributed by atoms with Crippen LogP contribution in [0, 0.1) is 0 Å². The molecule has 4 rings (SSSR count). The monoisotopic (exact) mass is 403 g/mol. The number of amides is 1. The number of aromatic nitrogens is 2. The maximum atomic E-state index is 13.3. The smallest absolute Gasteiger partial charge is 0.263 e. The average Bonchev–Trinajstić information content (AvgIpc) is 2.80. The van der Waals surface area contributed by atoms with Crippen LogP contribution in [0.25, 0.3) is 10.2 Å². The lowest BCUT2D eigenvalue weighted by Gasteiger charge is -2.15. The second kappa shape index (κ2) is 8.19. The molecular weight excluding hydrogens is 378 g/mol. The van der Waals surface area contributed by atoms with Crippen LogP contribution in [0.4, 0.5) is 0 Å². The number of hydrogen-bond donors (Lipinski definition) is 1. The van der Waals surface area contributed by atoms with Gasteiger partial charge in [0, 0.05) is 18.0 Å². The van der Waals surface area contributed by atoms with E-state index >= 15 is 0 Å². The molecule has 2 aromatic heterocycles. The third kappa shape index (κ3) is 3.72. The first-order valence-electron chi connectivity index (χ1n) is 9.79. The van der Waals surface area contributed by atoms with E-state index < -0.39 is 0 Å². The van der Waals surface area contributed by atoms with Crippen molar-refractivity contribution in [2.24, 2.45) is 0 Å². The predicted molar refractivity (Wildman–Crippen MR) is 112 cm³/mol. The minimum Gasteiger partial charge on any atom is -0.355 e. The van der Waals surface area contributed by atoms with E-state index in [-0.39, 0.29) is 16.7 Å². The molecule has 0 saturated carbocycles. The van der Waals surface area contributed by atoms with Crippen LogP contribution < -0.4 is 10.9 Å². The number of aryl methyl sites for hydroxylation is 2. The number of thioether (sulfide) groups is 1. The molecule has 1 atom stereocenters. The summed E-state index contributed by atoms with van der Waals surface area (Å²) in [6, 6.07) is 0. The molecule has 1 saturated heterocycles. The first-order valence-corrected chi connectivity index (χ1v) is 11.5. The molecule has 1 unspecified atom stereocenters. The number of thiophene rings is 1. The van der Waals surface area contributed by atoms with Crippen LogP contribution in [0.3, 0.4) is 0 Å².